The molecule has 0 atom stereocenters. The van der Waals surface area contributed by atoms with E-state index >= 15 is 0 Å². The van der Waals surface area contributed by atoms with Crippen molar-refractivity contribution < 1.29 is 0 Å². The fourth-order valence-electron chi connectivity index (χ4n) is 11.7. The highest BCUT2D eigenvalue weighted by Crippen LogP contribution is 2.54. The van der Waals surface area contributed by atoms with Crippen molar-refractivity contribution in [1.82, 2.24) is 4.57 Å². The minimum absolute atomic E-state index is 0.0272. The van der Waals surface area contributed by atoms with Gasteiger partial charge in [0, 0.05) is 53.6 Å². The molecule has 4 heterocycles. The average Bonchev–Trinajstić information content (AvgIpc) is 3.76. The Kier molecular flexibility index (Phi) is 7.36. The van der Waals surface area contributed by atoms with Crippen LogP contribution in [0.15, 0.2) is 109 Å². The Labute approximate surface area is 365 Å². The van der Waals surface area contributed by atoms with Crippen LogP contribution in [0.1, 0.15) is 110 Å². The van der Waals surface area contributed by atoms with Gasteiger partial charge in [-0.1, -0.05) is 130 Å². The number of hydrogen-bond acceptors (Lipinski definition) is 2. The molecule has 0 spiro atoms. The van der Waals surface area contributed by atoms with Crippen LogP contribution in [0.5, 0.6) is 0 Å². The van der Waals surface area contributed by atoms with Crippen LogP contribution in [0.3, 0.4) is 0 Å². The minimum Gasteiger partial charge on any atom is -0.376 e. The number of anilines is 2. The lowest BCUT2D eigenvalue weighted by molar-refractivity contribution is 0.332. The highest BCUT2D eigenvalue weighted by Gasteiger charge is 2.47. The van der Waals surface area contributed by atoms with Crippen molar-refractivity contribution in [2.75, 3.05) is 4.81 Å². The van der Waals surface area contributed by atoms with Gasteiger partial charge in [0.1, 0.15) is 0 Å². The molecular formula is C57H55BN2S. The summed E-state index contributed by atoms with van der Waals surface area (Å²) < 4.78 is 5.36. The minimum atomic E-state index is -0.0518. The van der Waals surface area contributed by atoms with Gasteiger partial charge in [-0.15, -0.1) is 11.3 Å². The van der Waals surface area contributed by atoms with E-state index in [1.807, 2.05) is 11.3 Å². The van der Waals surface area contributed by atoms with Gasteiger partial charge >= 0.3 is 6.85 Å². The van der Waals surface area contributed by atoms with Gasteiger partial charge in [0.2, 0.25) is 0 Å². The molecule has 4 heteroatoms. The summed E-state index contributed by atoms with van der Waals surface area (Å²) in [7, 11) is 0. The van der Waals surface area contributed by atoms with Crippen LogP contribution >= 0.6 is 11.3 Å². The van der Waals surface area contributed by atoms with Crippen molar-refractivity contribution in [3.05, 3.63) is 137 Å². The van der Waals surface area contributed by atoms with Gasteiger partial charge in [-0.2, -0.15) is 0 Å². The fourth-order valence-corrected chi connectivity index (χ4v) is 12.8. The third-order valence-electron chi connectivity index (χ3n) is 15.2. The van der Waals surface area contributed by atoms with Gasteiger partial charge in [-0.25, -0.2) is 0 Å². The van der Waals surface area contributed by atoms with Crippen molar-refractivity contribution in [3.63, 3.8) is 0 Å². The summed E-state index contributed by atoms with van der Waals surface area (Å²) in [5, 5.41) is 8.05. The van der Waals surface area contributed by atoms with Crippen LogP contribution in [0.2, 0.25) is 0 Å². The second kappa shape index (κ2) is 12.0. The molecule has 0 N–H and O–H groups in total. The first-order chi connectivity index (χ1) is 28.9. The summed E-state index contributed by atoms with van der Waals surface area (Å²) >= 11 is 1.93. The van der Waals surface area contributed by atoms with Gasteiger partial charge in [-0.3, -0.25) is 0 Å². The molecule has 9 aromatic rings. The number of thiophene rings is 1. The standard InChI is InChI=1S/C57H55BN2S/c1-32-26-40-41(57(10,11)25-24-56(40,8)9)31-45(32)60-44-22-23-48-49(37-18-14-15-19-47(37)61-48)51(44)50-36-17-13-12-16-33(36)27-46-52(50)58(60)42-30-35(55(5,6)7)29-39-38-28-34(54(2,3)4)20-21-43(38)59(46)53(39)42/h12-23,26-31H,24-25H2,1-11H3. The maximum absolute atomic E-state index is 2.82. The maximum atomic E-state index is 2.82. The van der Waals surface area contributed by atoms with E-state index in [-0.39, 0.29) is 28.5 Å². The van der Waals surface area contributed by atoms with Gasteiger partial charge in [0.05, 0.1) is 11.0 Å². The molecule has 0 fully saturated rings. The van der Waals surface area contributed by atoms with E-state index in [2.05, 4.69) is 195 Å². The number of benzene rings is 7. The molecule has 2 aromatic heterocycles. The number of hydrogen-bond donors (Lipinski definition) is 0. The Balaban J connectivity index is 1.32. The predicted molar refractivity (Wildman–Crippen MR) is 268 cm³/mol. The van der Waals surface area contributed by atoms with E-state index in [4.69, 9.17) is 0 Å². The first kappa shape index (κ1) is 37.4. The zero-order chi connectivity index (χ0) is 42.3. The van der Waals surface area contributed by atoms with Gasteiger partial charge < -0.3 is 9.38 Å². The molecule has 0 bridgehead atoms. The zero-order valence-electron chi connectivity index (χ0n) is 37.7. The second-order valence-electron chi connectivity index (χ2n) is 22.1. The molecule has 1 aliphatic carbocycles. The molecular weight excluding hydrogens is 756 g/mol. The molecule has 0 amide bonds. The third-order valence-corrected chi connectivity index (χ3v) is 16.4. The summed E-state index contributed by atoms with van der Waals surface area (Å²) in [4.78, 5) is 2.82. The van der Waals surface area contributed by atoms with Gasteiger partial charge in [0.25, 0.3) is 0 Å². The van der Waals surface area contributed by atoms with E-state index in [1.54, 1.807) is 0 Å². The monoisotopic (exact) mass is 810 g/mol. The molecule has 7 aromatic carbocycles. The van der Waals surface area contributed by atoms with Crippen molar-refractivity contribution >= 4 is 93.2 Å². The van der Waals surface area contributed by atoms with E-state index < -0.39 is 0 Å². The van der Waals surface area contributed by atoms with Crippen molar-refractivity contribution in [2.45, 2.75) is 111 Å². The van der Waals surface area contributed by atoms with Crippen LogP contribution in [0, 0.1) is 6.92 Å². The number of nitrogens with zero attached hydrogens (tertiary/aromatic N) is 2. The van der Waals surface area contributed by atoms with E-state index in [0.29, 0.717) is 0 Å². The van der Waals surface area contributed by atoms with E-state index in [1.165, 1.54) is 133 Å². The molecule has 61 heavy (non-hydrogen) atoms. The smallest absolute Gasteiger partial charge is 0.333 e. The van der Waals surface area contributed by atoms with Crippen molar-refractivity contribution in [3.8, 4) is 16.8 Å². The molecule has 12 rings (SSSR count). The van der Waals surface area contributed by atoms with Gasteiger partial charge in [-0.05, 0) is 145 Å². The zero-order valence-corrected chi connectivity index (χ0v) is 38.5. The number of fused-ring (bicyclic) bond motifs is 14. The molecule has 0 saturated heterocycles. The largest absolute Gasteiger partial charge is 0.376 e. The SMILES string of the molecule is Cc1cc2c(cc1N1B3c4c(cc5ccccc5c4-c4c1ccc1sc5ccccc5c41)-n1c4ccc(C(C)(C)C)cc4c4cc(C(C)(C)C)cc3c41)C(C)(C)CCC2(C)C. The summed E-state index contributed by atoms with van der Waals surface area (Å²) in [6.07, 6.45) is 2.38. The lowest BCUT2D eigenvalue weighted by Gasteiger charge is -2.46. The second-order valence-corrected chi connectivity index (χ2v) is 23.2. The molecule has 0 radical (unpaired) electrons. The predicted octanol–water partition coefficient (Wildman–Crippen LogP) is 14.8. The number of aromatic nitrogens is 1. The lowest BCUT2D eigenvalue weighted by atomic mass is 9.43. The molecule has 2 aliphatic heterocycles. The Bertz CT molecular complexity index is 3410. The maximum Gasteiger partial charge on any atom is 0.333 e. The Hall–Kier alpha value is -5.32. The van der Waals surface area contributed by atoms with E-state index in [9.17, 15) is 0 Å². The molecule has 2 nitrogen and oxygen atoms in total. The van der Waals surface area contributed by atoms with E-state index in [0.717, 1.165) is 0 Å². The third kappa shape index (κ3) is 5.03. The summed E-state index contributed by atoms with van der Waals surface area (Å²) in [5.74, 6) is 0. The first-order valence-electron chi connectivity index (χ1n) is 22.5. The van der Waals surface area contributed by atoms with Crippen LogP contribution < -0.4 is 15.7 Å². The van der Waals surface area contributed by atoms with Crippen LogP contribution in [0.4, 0.5) is 11.4 Å². The Morgan fingerprint density at radius 3 is 1.98 bits per heavy atom. The molecule has 302 valence electrons. The lowest BCUT2D eigenvalue weighted by Crippen LogP contribution is -2.61. The van der Waals surface area contributed by atoms with Crippen molar-refractivity contribution in [1.29, 1.82) is 0 Å². The first-order valence-corrected chi connectivity index (χ1v) is 23.3. The highest BCUT2D eigenvalue weighted by molar-refractivity contribution is 7.26. The van der Waals surface area contributed by atoms with Gasteiger partial charge in [0.15, 0.2) is 0 Å². The van der Waals surface area contributed by atoms with Crippen LogP contribution in [0.25, 0.3) is 69.6 Å². The number of aryl methyl sites for hydroxylation is 1. The quantitative estimate of drug-likeness (QED) is 0.150. The Morgan fingerprint density at radius 2 is 1.25 bits per heavy atom. The molecule has 3 aliphatic rings. The summed E-state index contributed by atoms with van der Waals surface area (Å²) in [6.45, 7) is 26.4. The highest BCUT2D eigenvalue weighted by atomic mass is 32.1. The average molecular weight is 811 g/mol. The fraction of sp³-hybridized carbons (Fsp3) is 0.298. The molecule has 0 saturated carbocycles. The van der Waals surface area contributed by atoms with Crippen LogP contribution in [-0.4, -0.2) is 11.4 Å². The summed E-state index contributed by atoms with van der Waals surface area (Å²) in [5.41, 5.74) is 19.5. The Morgan fingerprint density at radius 1 is 0.574 bits per heavy atom. The number of rotatable bonds is 1. The normalized spacial score (nSPS) is 16.5. The van der Waals surface area contributed by atoms with Crippen LogP contribution in [-0.2, 0) is 21.7 Å². The topological polar surface area (TPSA) is 8.17 Å². The van der Waals surface area contributed by atoms with Crippen molar-refractivity contribution in [2.24, 2.45) is 0 Å². The molecule has 0 unspecified atom stereocenters. The summed E-state index contributed by atoms with van der Waals surface area (Å²) in [6, 6.07) is 43.4.